The number of ether oxygens (including phenoxy) is 2. The topological polar surface area (TPSA) is 89.1 Å². The van der Waals surface area contributed by atoms with Crippen molar-refractivity contribution in [3.05, 3.63) is 39.8 Å². The zero-order valence-corrected chi connectivity index (χ0v) is 11.5. The number of benzene rings is 1. The maximum atomic E-state index is 12.6. The van der Waals surface area contributed by atoms with Crippen LogP contribution in [-0.4, -0.2) is 24.4 Å². The summed E-state index contributed by atoms with van der Waals surface area (Å²) in [5, 5.41) is 20.4. The van der Waals surface area contributed by atoms with Crippen LogP contribution in [0.5, 0.6) is 11.5 Å². The van der Waals surface area contributed by atoms with Crippen molar-refractivity contribution in [1.29, 1.82) is 0 Å². The minimum Gasteiger partial charge on any atom is -0.507 e. The van der Waals surface area contributed by atoms with Crippen molar-refractivity contribution < 1.29 is 24.1 Å². The first-order chi connectivity index (χ1) is 10.00. The predicted molar refractivity (Wildman–Crippen MR) is 75.3 cm³/mol. The lowest BCUT2D eigenvalue weighted by Crippen LogP contribution is -2.36. The van der Waals surface area contributed by atoms with Crippen LogP contribution in [0.2, 0.25) is 0 Å². The summed E-state index contributed by atoms with van der Waals surface area (Å²) in [6.45, 7) is 0. The molecule has 6 heteroatoms. The van der Waals surface area contributed by atoms with E-state index in [1.54, 1.807) is 12.2 Å². The Morgan fingerprint density at radius 3 is 2.76 bits per heavy atom. The van der Waals surface area contributed by atoms with Gasteiger partial charge in [0, 0.05) is 25.7 Å². The fourth-order valence-electron chi connectivity index (χ4n) is 2.51. The molecular formula is C15H14O6. The third-order valence-electron chi connectivity index (χ3n) is 3.60. The number of aromatic hydroxyl groups is 1. The Morgan fingerprint density at radius 1 is 1.33 bits per heavy atom. The fourth-order valence-corrected chi connectivity index (χ4v) is 2.51. The summed E-state index contributed by atoms with van der Waals surface area (Å²) >= 11 is 0. The lowest BCUT2D eigenvalue weighted by molar-refractivity contribution is -0.193. The van der Waals surface area contributed by atoms with Gasteiger partial charge in [-0.15, -0.1) is 0 Å². The minimum atomic E-state index is -1.76. The Hall–Kier alpha value is -2.31. The van der Waals surface area contributed by atoms with E-state index >= 15 is 0 Å². The molecule has 1 heterocycles. The molecule has 0 spiro atoms. The van der Waals surface area contributed by atoms with Crippen LogP contribution in [0.3, 0.4) is 0 Å². The number of hydrogen-bond donors (Lipinski definition) is 2. The molecule has 2 aromatic rings. The average Bonchev–Trinajstić information content (AvgIpc) is 2.46. The van der Waals surface area contributed by atoms with Gasteiger partial charge in [0.25, 0.3) is 0 Å². The molecule has 0 amide bonds. The standard InChI is InChI=1S/C15H14O6/c1-19-8-6-9(16)12-11(7-8)21-10-4-3-5-15(18,20-2)13(10)14(12)17/h3-4,6-7,16,18H,5H2,1-2H3. The van der Waals surface area contributed by atoms with Crippen LogP contribution in [-0.2, 0) is 10.5 Å². The maximum absolute atomic E-state index is 12.6. The van der Waals surface area contributed by atoms with Crippen LogP contribution in [0.25, 0.3) is 17.0 Å². The van der Waals surface area contributed by atoms with Gasteiger partial charge in [0.05, 0.1) is 7.11 Å². The van der Waals surface area contributed by atoms with Crippen LogP contribution >= 0.6 is 0 Å². The zero-order valence-electron chi connectivity index (χ0n) is 11.5. The molecular weight excluding hydrogens is 276 g/mol. The normalized spacial score (nSPS) is 20.5. The van der Waals surface area contributed by atoms with Gasteiger partial charge in [0.15, 0.2) is 0 Å². The third-order valence-corrected chi connectivity index (χ3v) is 3.60. The van der Waals surface area contributed by atoms with Gasteiger partial charge in [-0.1, -0.05) is 6.08 Å². The van der Waals surface area contributed by atoms with Gasteiger partial charge in [-0.05, 0) is 6.08 Å². The van der Waals surface area contributed by atoms with Crippen LogP contribution in [0, 0.1) is 0 Å². The highest BCUT2D eigenvalue weighted by atomic mass is 16.6. The van der Waals surface area contributed by atoms with Crippen molar-refractivity contribution in [3.63, 3.8) is 0 Å². The first-order valence-electron chi connectivity index (χ1n) is 6.32. The molecule has 0 aliphatic heterocycles. The molecule has 1 aliphatic carbocycles. The lowest BCUT2D eigenvalue weighted by Gasteiger charge is -2.28. The van der Waals surface area contributed by atoms with Crippen molar-refractivity contribution in [2.24, 2.45) is 0 Å². The largest absolute Gasteiger partial charge is 0.507 e. The van der Waals surface area contributed by atoms with Crippen molar-refractivity contribution >= 4 is 17.0 Å². The van der Waals surface area contributed by atoms with E-state index in [-0.39, 0.29) is 34.5 Å². The fraction of sp³-hybridized carbons (Fsp3) is 0.267. The highest BCUT2D eigenvalue weighted by Gasteiger charge is 2.37. The minimum absolute atomic E-state index is 0.0135. The molecule has 3 rings (SSSR count). The third kappa shape index (κ3) is 1.91. The Morgan fingerprint density at radius 2 is 2.10 bits per heavy atom. The van der Waals surface area contributed by atoms with Crippen molar-refractivity contribution in [2.75, 3.05) is 14.2 Å². The summed E-state index contributed by atoms with van der Waals surface area (Å²) in [5.41, 5.74) is -0.360. The smallest absolute Gasteiger partial charge is 0.205 e. The number of rotatable bonds is 2. The Labute approximate surface area is 119 Å². The zero-order chi connectivity index (χ0) is 15.2. The number of hydrogen-bond acceptors (Lipinski definition) is 6. The first kappa shape index (κ1) is 13.7. The number of phenols is 1. The van der Waals surface area contributed by atoms with E-state index in [4.69, 9.17) is 13.9 Å². The maximum Gasteiger partial charge on any atom is 0.205 e. The van der Waals surface area contributed by atoms with Crippen LogP contribution in [0.4, 0.5) is 0 Å². The van der Waals surface area contributed by atoms with Gasteiger partial charge in [-0.3, -0.25) is 4.79 Å². The van der Waals surface area contributed by atoms with Gasteiger partial charge < -0.3 is 24.1 Å². The molecule has 1 aliphatic rings. The second-order valence-electron chi connectivity index (χ2n) is 4.79. The molecule has 1 aromatic heterocycles. The molecule has 21 heavy (non-hydrogen) atoms. The van der Waals surface area contributed by atoms with Gasteiger partial charge in [-0.25, -0.2) is 0 Å². The van der Waals surface area contributed by atoms with E-state index in [9.17, 15) is 15.0 Å². The second kappa shape index (κ2) is 4.61. The molecule has 1 unspecified atom stereocenters. The van der Waals surface area contributed by atoms with Gasteiger partial charge in [0.2, 0.25) is 11.2 Å². The van der Waals surface area contributed by atoms with Crippen molar-refractivity contribution in [1.82, 2.24) is 0 Å². The monoisotopic (exact) mass is 290 g/mol. The Balaban J connectivity index is 2.43. The predicted octanol–water partition coefficient (Wildman–Crippen LogP) is 1.72. The van der Waals surface area contributed by atoms with E-state index in [1.807, 2.05) is 0 Å². The molecule has 110 valence electrons. The molecule has 0 saturated carbocycles. The molecule has 1 aromatic carbocycles. The number of phenolic OH excluding ortho intramolecular Hbond substituents is 1. The average molecular weight is 290 g/mol. The molecule has 0 saturated heterocycles. The number of aliphatic hydroxyl groups is 1. The van der Waals surface area contributed by atoms with Gasteiger partial charge in [-0.2, -0.15) is 0 Å². The summed E-state index contributed by atoms with van der Waals surface area (Å²) in [4.78, 5) is 12.6. The van der Waals surface area contributed by atoms with E-state index in [0.29, 0.717) is 5.75 Å². The molecule has 0 bridgehead atoms. The van der Waals surface area contributed by atoms with E-state index in [2.05, 4.69) is 0 Å². The van der Waals surface area contributed by atoms with Crippen molar-refractivity contribution in [2.45, 2.75) is 12.2 Å². The highest BCUT2D eigenvalue weighted by Crippen LogP contribution is 2.36. The van der Waals surface area contributed by atoms with Crippen LogP contribution < -0.4 is 10.2 Å². The molecule has 6 nitrogen and oxygen atoms in total. The molecule has 0 radical (unpaired) electrons. The van der Waals surface area contributed by atoms with E-state index in [0.717, 1.165) is 0 Å². The summed E-state index contributed by atoms with van der Waals surface area (Å²) < 4.78 is 15.7. The summed E-state index contributed by atoms with van der Waals surface area (Å²) in [6.07, 6.45) is 3.38. The molecule has 0 fully saturated rings. The quantitative estimate of drug-likeness (QED) is 0.819. The van der Waals surface area contributed by atoms with E-state index < -0.39 is 11.2 Å². The number of fused-ring (bicyclic) bond motifs is 2. The summed E-state index contributed by atoms with van der Waals surface area (Å²) in [6, 6.07) is 2.82. The van der Waals surface area contributed by atoms with Crippen LogP contribution in [0.15, 0.2) is 27.4 Å². The summed E-state index contributed by atoms with van der Waals surface area (Å²) in [7, 11) is 2.75. The highest BCUT2D eigenvalue weighted by molar-refractivity contribution is 5.86. The van der Waals surface area contributed by atoms with Crippen LogP contribution in [0.1, 0.15) is 17.7 Å². The Bertz CT molecular complexity index is 804. The SMILES string of the molecule is COc1cc(O)c2c(=O)c3c(oc2c1)C=CCC3(O)OC. The molecule has 1 atom stereocenters. The number of methoxy groups -OCH3 is 2. The van der Waals surface area contributed by atoms with Crippen molar-refractivity contribution in [3.8, 4) is 11.5 Å². The Kier molecular flexibility index (Phi) is 3.00. The van der Waals surface area contributed by atoms with Gasteiger partial charge in [0.1, 0.15) is 33.8 Å². The van der Waals surface area contributed by atoms with E-state index in [1.165, 1.54) is 26.4 Å². The van der Waals surface area contributed by atoms with Gasteiger partial charge >= 0.3 is 0 Å². The lowest BCUT2D eigenvalue weighted by atomic mass is 9.94. The second-order valence-corrected chi connectivity index (χ2v) is 4.79. The first-order valence-corrected chi connectivity index (χ1v) is 6.32. The molecule has 2 N–H and O–H groups in total. The summed E-state index contributed by atoms with van der Waals surface area (Å²) in [5.74, 6) is -1.46.